The fourth-order valence-electron chi connectivity index (χ4n) is 1.51. The average Bonchev–Trinajstić information content (AvgIpc) is 2.95. The standard InChI is InChI=1S/C13H17N5O/c1-2-10(14)8-15-13(19)12-9-16-18(17-12)11-6-4-3-5-7-11/h3-7,9-10H,2,8,14H2,1H3,(H,15,19). The minimum Gasteiger partial charge on any atom is -0.349 e. The number of hydrogen-bond donors (Lipinski definition) is 2. The quantitative estimate of drug-likeness (QED) is 0.829. The number of benzene rings is 1. The molecule has 0 aliphatic heterocycles. The Labute approximate surface area is 111 Å². The number of hydrogen-bond acceptors (Lipinski definition) is 4. The molecule has 0 radical (unpaired) electrons. The molecule has 1 unspecified atom stereocenters. The molecular formula is C13H17N5O. The van der Waals surface area contributed by atoms with E-state index in [0.717, 1.165) is 12.1 Å². The van der Waals surface area contributed by atoms with Crippen molar-refractivity contribution in [2.75, 3.05) is 6.54 Å². The van der Waals surface area contributed by atoms with Crippen molar-refractivity contribution in [2.24, 2.45) is 5.73 Å². The molecule has 0 saturated heterocycles. The van der Waals surface area contributed by atoms with E-state index in [9.17, 15) is 4.79 Å². The van der Waals surface area contributed by atoms with Crippen LogP contribution in [0.2, 0.25) is 0 Å². The molecule has 1 heterocycles. The molecule has 6 heteroatoms. The molecule has 0 bridgehead atoms. The summed E-state index contributed by atoms with van der Waals surface area (Å²) in [6, 6.07) is 9.39. The van der Waals surface area contributed by atoms with Gasteiger partial charge in [-0.1, -0.05) is 25.1 Å². The zero-order valence-corrected chi connectivity index (χ0v) is 10.8. The van der Waals surface area contributed by atoms with Gasteiger partial charge in [0.1, 0.15) is 0 Å². The molecule has 19 heavy (non-hydrogen) atoms. The maximum Gasteiger partial charge on any atom is 0.273 e. The van der Waals surface area contributed by atoms with Crippen LogP contribution < -0.4 is 11.1 Å². The first-order valence-electron chi connectivity index (χ1n) is 6.22. The van der Waals surface area contributed by atoms with Crippen molar-refractivity contribution in [3.8, 4) is 5.69 Å². The van der Waals surface area contributed by atoms with Crippen LogP contribution in [0.1, 0.15) is 23.8 Å². The summed E-state index contributed by atoms with van der Waals surface area (Å²) in [5.41, 5.74) is 6.84. The molecule has 1 aromatic carbocycles. The van der Waals surface area contributed by atoms with Crippen molar-refractivity contribution in [1.82, 2.24) is 20.3 Å². The maximum atomic E-state index is 11.8. The minimum atomic E-state index is -0.258. The second kappa shape index (κ2) is 6.10. The Kier molecular flexibility index (Phi) is 4.25. The van der Waals surface area contributed by atoms with Gasteiger partial charge in [-0.25, -0.2) is 0 Å². The maximum absolute atomic E-state index is 11.8. The van der Waals surface area contributed by atoms with Crippen LogP contribution in [-0.2, 0) is 0 Å². The fraction of sp³-hybridized carbons (Fsp3) is 0.308. The molecule has 1 atom stereocenters. The summed E-state index contributed by atoms with van der Waals surface area (Å²) in [6.07, 6.45) is 2.26. The van der Waals surface area contributed by atoms with Crippen molar-refractivity contribution < 1.29 is 4.79 Å². The summed E-state index contributed by atoms with van der Waals surface area (Å²) < 4.78 is 0. The molecule has 2 aromatic rings. The van der Waals surface area contributed by atoms with E-state index in [0.29, 0.717) is 6.54 Å². The molecule has 1 amide bonds. The van der Waals surface area contributed by atoms with Crippen molar-refractivity contribution >= 4 is 5.91 Å². The Morgan fingerprint density at radius 2 is 2.16 bits per heavy atom. The Balaban J connectivity index is 2.03. The predicted octanol–water partition coefficient (Wildman–Crippen LogP) is 0.734. The van der Waals surface area contributed by atoms with Gasteiger partial charge in [0.2, 0.25) is 0 Å². The monoisotopic (exact) mass is 259 g/mol. The van der Waals surface area contributed by atoms with Crippen molar-refractivity contribution in [3.05, 3.63) is 42.2 Å². The molecule has 0 aliphatic rings. The lowest BCUT2D eigenvalue weighted by atomic mass is 10.2. The topological polar surface area (TPSA) is 85.8 Å². The van der Waals surface area contributed by atoms with E-state index >= 15 is 0 Å². The highest BCUT2D eigenvalue weighted by Gasteiger charge is 2.11. The summed E-state index contributed by atoms with van der Waals surface area (Å²) in [6.45, 7) is 2.41. The van der Waals surface area contributed by atoms with Gasteiger partial charge in [-0.3, -0.25) is 4.79 Å². The number of para-hydroxylation sites is 1. The molecule has 6 nitrogen and oxygen atoms in total. The Morgan fingerprint density at radius 1 is 1.42 bits per heavy atom. The van der Waals surface area contributed by atoms with Crippen molar-refractivity contribution in [1.29, 1.82) is 0 Å². The van der Waals surface area contributed by atoms with Crippen LogP contribution in [-0.4, -0.2) is 33.5 Å². The third-order valence-electron chi connectivity index (χ3n) is 2.76. The number of nitrogens with zero attached hydrogens (tertiary/aromatic N) is 3. The highest BCUT2D eigenvalue weighted by molar-refractivity contribution is 5.91. The highest BCUT2D eigenvalue weighted by Crippen LogP contribution is 2.04. The number of aromatic nitrogens is 3. The SMILES string of the molecule is CCC(N)CNC(=O)c1cnn(-c2ccccc2)n1. The Hall–Kier alpha value is -2.21. The molecular weight excluding hydrogens is 242 g/mol. The van der Waals surface area contributed by atoms with E-state index in [1.165, 1.54) is 11.0 Å². The van der Waals surface area contributed by atoms with Crippen molar-refractivity contribution in [3.63, 3.8) is 0 Å². The number of rotatable bonds is 5. The van der Waals surface area contributed by atoms with Crippen LogP contribution in [0.5, 0.6) is 0 Å². The number of carbonyl (C=O) groups is 1. The van der Waals surface area contributed by atoms with Crippen LogP contribution in [0.4, 0.5) is 0 Å². The number of nitrogens with one attached hydrogen (secondary N) is 1. The molecule has 100 valence electrons. The van der Waals surface area contributed by atoms with Gasteiger partial charge in [0.15, 0.2) is 5.69 Å². The van der Waals surface area contributed by atoms with E-state index in [1.54, 1.807) is 0 Å². The number of nitrogens with two attached hydrogens (primary N) is 1. The molecule has 3 N–H and O–H groups in total. The first-order valence-corrected chi connectivity index (χ1v) is 6.22. The van der Waals surface area contributed by atoms with Gasteiger partial charge in [-0.2, -0.15) is 9.90 Å². The number of amides is 1. The number of carbonyl (C=O) groups excluding carboxylic acids is 1. The fourth-order valence-corrected chi connectivity index (χ4v) is 1.51. The smallest absolute Gasteiger partial charge is 0.273 e. The molecule has 0 saturated carbocycles. The van der Waals surface area contributed by atoms with E-state index in [1.807, 2.05) is 37.3 Å². The lowest BCUT2D eigenvalue weighted by molar-refractivity contribution is 0.0945. The summed E-state index contributed by atoms with van der Waals surface area (Å²) >= 11 is 0. The van der Waals surface area contributed by atoms with Crippen molar-refractivity contribution in [2.45, 2.75) is 19.4 Å². The van der Waals surface area contributed by atoms with E-state index in [2.05, 4.69) is 15.5 Å². The third-order valence-corrected chi connectivity index (χ3v) is 2.76. The summed E-state index contributed by atoms with van der Waals surface area (Å²) in [4.78, 5) is 13.3. The van der Waals surface area contributed by atoms with E-state index in [-0.39, 0.29) is 17.6 Å². The molecule has 0 spiro atoms. The summed E-state index contributed by atoms with van der Waals surface area (Å²) in [5.74, 6) is -0.258. The summed E-state index contributed by atoms with van der Waals surface area (Å²) in [5, 5.41) is 10.9. The highest BCUT2D eigenvalue weighted by atomic mass is 16.2. The average molecular weight is 259 g/mol. The van der Waals surface area contributed by atoms with E-state index < -0.39 is 0 Å². The normalized spacial score (nSPS) is 12.1. The summed E-state index contributed by atoms with van der Waals surface area (Å²) in [7, 11) is 0. The van der Waals surface area contributed by atoms with Gasteiger partial charge >= 0.3 is 0 Å². The van der Waals surface area contributed by atoms with Gasteiger partial charge in [0, 0.05) is 12.6 Å². The lowest BCUT2D eigenvalue weighted by Crippen LogP contribution is -2.36. The van der Waals surface area contributed by atoms with Crippen LogP contribution in [0, 0.1) is 0 Å². The Bertz CT molecular complexity index is 537. The second-order valence-electron chi connectivity index (χ2n) is 4.23. The molecule has 2 rings (SSSR count). The molecule has 0 fully saturated rings. The van der Waals surface area contributed by atoms with Crippen LogP contribution >= 0.6 is 0 Å². The van der Waals surface area contributed by atoms with E-state index in [4.69, 9.17) is 5.73 Å². The van der Waals surface area contributed by atoms with Gasteiger partial charge in [0.25, 0.3) is 5.91 Å². The second-order valence-corrected chi connectivity index (χ2v) is 4.23. The van der Waals surface area contributed by atoms with Crippen LogP contribution in [0.15, 0.2) is 36.5 Å². The van der Waals surface area contributed by atoms with Gasteiger partial charge in [-0.05, 0) is 18.6 Å². The minimum absolute atomic E-state index is 0.0341. The largest absolute Gasteiger partial charge is 0.349 e. The van der Waals surface area contributed by atoms with Crippen LogP contribution in [0.25, 0.3) is 5.69 Å². The van der Waals surface area contributed by atoms with Gasteiger partial charge in [0.05, 0.1) is 11.9 Å². The lowest BCUT2D eigenvalue weighted by Gasteiger charge is -2.08. The van der Waals surface area contributed by atoms with Crippen LogP contribution in [0.3, 0.4) is 0 Å². The van der Waals surface area contributed by atoms with Gasteiger partial charge < -0.3 is 11.1 Å². The third kappa shape index (κ3) is 3.38. The first kappa shape index (κ1) is 13.2. The first-order chi connectivity index (χ1) is 9.20. The Morgan fingerprint density at radius 3 is 2.84 bits per heavy atom. The zero-order chi connectivity index (χ0) is 13.7. The molecule has 0 aliphatic carbocycles. The predicted molar refractivity (Wildman–Crippen MR) is 72.0 cm³/mol. The zero-order valence-electron chi connectivity index (χ0n) is 10.8. The van der Waals surface area contributed by atoms with Gasteiger partial charge in [-0.15, -0.1) is 5.10 Å². The molecule has 1 aromatic heterocycles.